The fourth-order valence-electron chi connectivity index (χ4n) is 5.54. The van der Waals surface area contributed by atoms with Crippen LogP contribution in [0.5, 0.6) is 0 Å². The molecule has 2 aromatic rings. The van der Waals surface area contributed by atoms with Crippen molar-refractivity contribution in [1.29, 1.82) is 0 Å². The first-order chi connectivity index (χ1) is 15.5. The fraction of sp³-hybridized carbons (Fsp3) is 0.333. The van der Waals surface area contributed by atoms with E-state index in [0.717, 1.165) is 22.4 Å². The third kappa shape index (κ3) is 2.58. The summed E-state index contributed by atoms with van der Waals surface area (Å²) >= 11 is 0. The summed E-state index contributed by atoms with van der Waals surface area (Å²) < 4.78 is 24.9. The van der Waals surface area contributed by atoms with E-state index in [2.05, 4.69) is 11.4 Å². The molecule has 32 heavy (non-hydrogen) atoms. The zero-order chi connectivity index (χ0) is 22.0. The van der Waals surface area contributed by atoms with Gasteiger partial charge in [0.2, 0.25) is 0 Å². The first-order valence-electron chi connectivity index (χ1n) is 10.7. The number of fused-ring (bicyclic) bond motifs is 7. The van der Waals surface area contributed by atoms with Crippen molar-refractivity contribution in [2.45, 2.75) is 43.5 Å². The molecule has 6 rings (SSSR count). The second-order valence-electron chi connectivity index (χ2n) is 8.83. The van der Waals surface area contributed by atoms with Crippen LogP contribution >= 0.6 is 0 Å². The van der Waals surface area contributed by atoms with Gasteiger partial charge in [-0.2, -0.15) is 0 Å². The average molecular weight is 435 g/mol. The summed E-state index contributed by atoms with van der Waals surface area (Å²) in [6.07, 6.45) is 1.46. The number of hydrogen-bond acceptors (Lipinski definition) is 5. The number of halogens is 1. The summed E-state index contributed by atoms with van der Waals surface area (Å²) in [6, 6.07) is 13.4. The van der Waals surface area contributed by atoms with Crippen LogP contribution in [0.4, 0.5) is 19.7 Å². The number of benzene rings is 2. The molecule has 0 radical (unpaired) electrons. The quantitative estimate of drug-likeness (QED) is 0.717. The highest BCUT2D eigenvalue weighted by Gasteiger charge is 2.64. The van der Waals surface area contributed by atoms with Crippen molar-refractivity contribution in [3.05, 3.63) is 77.1 Å². The molecule has 0 unspecified atom stereocenters. The fourth-order valence-corrected chi connectivity index (χ4v) is 5.54. The molecule has 3 heterocycles. The number of anilines is 1. The van der Waals surface area contributed by atoms with Gasteiger partial charge in [0.1, 0.15) is 18.5 Å². The van der Waals surface area contributed by atoms with Gasteiger partial charge in [-0.3, -0.25) is 0 Å². The van der Waals surface area contributed by atoms with Crippen LogP contribution < -0.4 is 5.32 Å². The Hall–Kier alpha value is -3.55. The van der Waals surface area contributed by atoms with Gasteiger partial charge in [-0.25, -0.2) is 24.0 Å². The van der Waals surface area contributed by atoms with Crippen LogP contribution in [0.3, 0.4) is 0 Å². The van der Waals surface area contributed by atoms with Crippen molar-refractivity contribution in [2.24, 2.45) is 0 Å². The maximum absolute atomic E-state index is 14.0. The van der Waals surface area contributed by atoms with Crippen molar-refractivity contribution in [2.75, 3.05) is 11.9 Å². The molecule has 4 atom stereocenters. The van der Waals surface area contributed by atoms with E-state index in [1.807, 2.05) is 37.3 Å². The summed E-state index contributed by atoms with van der Waals surface area (Å²) in [5.74, 6) is -0.392. The van der Waals surface area contributed by atoms with E-state index in [4.69, 9.17) is 9.47 Å². The van der Waals surface area contributed by atoms with Gasteiger partial charge in [-0.1, -0.05) is 36.4 Å². The Morgan fingerprint density at radius 3 is 2.91 bits per heavy atom. The summed E-state index contributed by atoms with van der Waals surface area (Å²) in [5.41, 5.74) is 2.81. The molecule has 0 bridgehead atoms. The lowest BCUT2D eigenvalue weighted by Crippen LogP contribution is -2.59. The summed E-state index contributed by atoms with van der Waals surface area (Å²) in [6.45, 7) is 2.32. The van der Waals surface area contributed by atoms with Crippen molar-refractivity contribution in [3.63, 3.8) is 0 Å². The molecule has 2 aromatic carbocycles. The maximum atomic E-state index is 14.0. The number of carbonyl (C=O) groups is 2. The minimum Gasteiger partial charge on any atom is -0.448 e. The van der Waals surface area contributed by atoms with Crippen molar-refractivity contribution < 1.29 is 23.5 Å². The highest BCUT2D eigenvalue weighted by Crippen LogP contribution is 2.55. The molecule has 7 nitrogen and oxygen atoms in total. The molecule has 1 aliphatic carbocycles. The van der Waals surface area contributed by atoms with E-state index in [9.17, 15) is 14.0 Å². The van der Waals surface area contributed by atoms with Gasteiger partial charge < -0.3 is 14.8 Å². The third-order valence-electron chi connectivity index (χ3n) is 7.05. The van der Waals surface area contributed by atoms with Crippen LogP contribution in [0.1, 0.15) is 30.4 Å². The Morgan fingerprint density at radius 2 is 2.09 bits per heavy atom. The van der Waals surface area contributed by atoms with Crippen molar-refractivity contribution >= 4 is 17.9 Å². The topological polar surface area (TPSA) is 71.1 Å². The lowest BCUT2D eigenvalue weighted by molar-refractivity contribution is -0.0727. The molecular formula is C24H22FN3O4. The molecule has 2 amide bonds. The third-order valence-corrected chi connectivity index (χ3v) is 7.05. The Bertz CT molecular complexity index is 1150. The van der Waals surface area contributed by atoms with E-state index in [1.165, 1.54) is 16.1 Å². The second kappa shape index (κ2) is 6.72. The van der Waals surface area contributed by atoms with E-state index in [-0.39, 0.29) is 31.0 Å². The highest BCUT2D eigenvalue weighted by molar-refractivity contribution is 5.80. The Balaban J connectivity index is 1.37. The number of rotatable bonds is 2. The zero-order valence-corrected chi connectivity index (χ0v) is 17.5. The molecule has 0 spiro atoms. The predicted molar refractivity (Wildman–Crippen MR) is 113 cm³/mol. The number of nitrogens with zero attached hydrogens (tertiary/aromatic N) is 2. The molecule has 8 heteroatoms. The lowest BCUT2D eigenvalue weighted by Gasteiger charge is -2.41. The molecule has 0 aromatic heterocycles. The van der Waals surface area contributed by atoms with Crippen molar-refractivity contribution in [1.82, 2.24) is 10.0 Å². The van der Waals surface area contributed by atoms with Gasteiger partial charge in [0.25, 0.3) is 0 Å². The van der Waals surface area contributed by atoms with E-state index >= 15 is 0 Å². The molecule has 2 saturated heterocycles. The summed E-state index contributed by atoms with van der Waals surface area (Å²) in [5, 5.41) is 6.25. The number of hydrogen-bond donors (Lipinski definition) is 1. The lowest BCUT2D eigenvalue weighted by atomic mass is 9.86. The Labute approximate surface area is 184 Å². The molecule has 0 saturated carbocycles. The normalized spacial score (nSPS) is 29.4. The summed E-state index contributed by atoms with van der Waals surface area (Å²) in [4.78, 5) is 26.2. The molecule has 1 N–H and O–H groups in total. The first kappa shape index (κ1) is 19.2. The Kier molecular flexibility index (Phi) is 4.02. The first-order valence-corrected chi connectivity index (χ1v) is 10.7. The molecule has 164 valence electrons. The van der Waals surface area contributed by atoms with Crippen LogP contribution in [0, 0.1) is 5.82 Å². The number of ether oxygens (including phenoxy) is 2. The number of cyclic esters (lactones) is 1. The molecule has 3 aliphatic heterocycles. The average Bonchev–Trinajstić information content (AvgIpc) is 3.40. The minimum absolute atomic E-state index is 0.0918. The van der Waals surface area contributed by atoms with Gasteiger partial charge in [0.15, 0.2) is 0 Å². The Morgan fingerprint density at radius 1 is 1.28 bits per heavy atom. The number of hydrazine groups is 1. The molecule has 2 fully saturated rings. The molecule has 4 aliphatic rings. The predicted octanol–water partition coefficient (Wildman–Crippen LogP) is 4.18. The number of amides is 2. The van der Waals surface area contributed by atoms with Crippen LogP contribution in [0.2, 0.25) is 0 Å². The second-order valence-corrected chi connectivity index (χ2v) is 8.83. The number of carbonyl (C=O) groups excluding carboxylic acids is 2. The van der Waals surface area contributed by atoms with Crippen LogP contribution in [0.15, 0.2) is 60.2 Å². The standard InChI is InChI=1S/C24H22FN3O4/c1-24-9-10-31-23(30)28(24)27(22(29)32-13-14-5-3-2-4-6-14)21-18(24)12-17-16-11-15(25)7-8-19(16)26-20(17)21/h2-8,11-12,17,20-21,26H,9-10,13H2,1H3/t17-,20+,21+,24-/m1/s1. The zero-order valence-electron chi connectivity index (χ0n) is 17.5. The monoisotopic (exact) mass is 435 g/mol. The van der Waals surface area contributed by atoms with Gasteiger partial charge in [-0.15, -0.1) is 0 Å². The summed E-state index contributed by atoms with van der Waals surface area (Å²) in [7, 11) is 0. The van der Waals surface area contributed by atoms with Gasteiger partial charge in [0.05, 0.1) is 18.2 Å². The highest BCUT2D eigenvalue weighted by atomic mass is 19.1. The van der Waals surface area contributed by atoms with Gasteiger partial charge in [-0.05, 0) is 41.8 Å². The van der Waals surface area contributed by atoms with Crippen LogP contribution in [-0.2, 0) is 16.1 Å². The van der Waals surface area contributed by atoms with Crippen molar-refractivity contribution in [3.8, 4) is 0 Å². The molecular weight excluding hydrogens is 413 g/mol. The smallest absolute Gasteiger partial charge is 0.429 e. The van der Waals surface area contributed by atoms with E-state index in [1.54, 1.807) is 12.1 Å². The van der Waals surface area contributed by atoms with Gasteiger partial charge >= 0.3 is 12.2 Å². The minimum atomic E-state index is -0.703. The van der Waals surface area contributed by atoms with E-state index in [0.29, 0.717) is 6.42 Å². The maximum Gasteiger partial charge on any atom is 0.429 e. The van der Waals surface area contributed by atoms with E-state index < -0.39 is 23.8 Å². The largest absolute Gasteiger partial charge is 0.448 e. The SMILES string of the molecule is C[C@]12CCOC(=O)N1N(C(=O)OCc1ccccc1)[C@H]1C2=C[C@@H]2c3cc(F)ccc3N[C@@H]21. The van der Waals surface area contributed by atoms with Gasteiger partial charge in [0, 0.05) is 18.0 Å². The van der Waals surface area contributed by atoms with Crippen LogP contribution in [-0.4, -0.2) is 46.4 Å². The number of nitrogens with one attached hydrogen (secondary N) is 1. The van der Waals surface area contributed by atoms with Crippen LogP contribution in [0.25, 0.3) is 0 Å².